The van der Waals surface area contributed by atoms with E-state index in [4.69, 9.17) is 21.7 Å². The van der Waals surface area contributed by atoms with E-state index in [1.807, 2.05) is 6.07 Å². The van der Waals surface area contributed by atoms with Crippen molar-refractivity contribution in [3.8, 4) is 11.5 Å². The van der Waals surface area contributed by atoms with Crippen molar-refractivity contribution in [1.82, 2.24) is 10.3 Å². The van der Waals surface area contributed by atoms with Gasteiger partial charge in [0.15, 0.2) is 16.6 Å². The molecule has 2 heterocycles. The number of carbonyl (C=O) groups excluding carboxylic acids is 1. The van der Waals surface area contributed by atoms with Gasteiger partial charge in [-0.2, -0.15) is 0 Å². The van der Waals surface area contributed by atoms with Gasteiger partial charge in [0, 0.05) is 16.2 Å². The molecule has 1 aromatic heterocycles. The Balaban J connectivity index is 1.63. The molecule has 0 saturated heterocycles. The van der Waals surface area contributed by atoms with Gasteiger partial charge in [-0.1, -0.05) is 0 Å². The highest BCUT2D eigenvalue weighted by Gasteiger charge is 2.16. The quantitative estimate of drug-likeness (QED) is 0.781. The number of fused-ring (bicyclic) bond motifs is 1. The average molecular weight is 380 g/mol. The fraction of sp³-hybridized carbons (Fsp3) is 0.0714. The highest BCUT2D eigenvalue weighted by molar-refractivity contribution is 9.10. The van der Waals surface area contributed by atoms with Crippen molar-refractivity contribution in [3.63, 3.8) is 0 Å². The summed E-state index contributed by atoms with van der Waals surface area (Å²) in [5.41, 5.74) is 0.428. The van der Waals surface area contributed by atoms with Crippen LogP contribution in [0.25, 0.3) is 0 Å². The molecule has 1 aliphatic heterocycles. The third-order valence-electron chi connectivity index (χ3n) is 2.83. The van der Waals surface area contributed by atoms with Gasteiger partial charge < -0.3 is 14.8 Å². The molecular weight excluding hydrogens is 370 g/mol. The molecule has 0 saturated carbocycles. The van der Waals surface area contributed by atoms with Gasteiger partial charge in [-0.05, 0) is 58.5 Å². The van der Waals surface area contributed by atoms with Crippen LogP contribution in [0, 0.1) is 0 Å². The number of hydrogen-bond donors (Lipinski definition) is 2. The summed E-state index contributed by atoms with van der Waals surface area (Å²) in [5.74, 6) is 1.37. The number of anilines is 1. The first-order valence-electron chi connectivity index (χ1n) is 6.25. The Labute approximate surface area is 140 Å². The van der Waals surface area contributed by atoms with Crippen LogP contribution in [0.15, 0.2) is 41.0 Å². The molecule has 2 aromatic rings. The minimum atomic E-state index is -0.340. The minimum Gasteiger partial charge on any atom is -0.454 e. The van der Waals surface area contributed by atoms with Crippen LogP contribution in [0.4, 0.5) is 5.82 Å². The van der Waals surface area contributed by atoms with Crippen molar-refractivity contribution in [2.45, 2.75) is 0 Å². The summed E-state index contributed by atoms with van der Waals surface area (Å²) in [6, 6.07) is 8.49. The zero-order valence-corrected chi connectivity index (χ0v) is 13.5. The standard InChI is InChI=1S/C14H10BrN3O3S/c15-9-2-4-12(16-6-9)17-14(22)18-13(19)8-1-3-10-11(5-8)21-7-20-10/h1-6H,7H2,(H2,16,17,18,19,22). The lowest BCUT2D eigenvalue weighted by atomic mass is 10.2. The van der Waals surface area contributed by atoms with E-state index in [0.29, 0.717) is 22.9 Å². The van der Waals surface area contributed by atoms with Crippen molar-refractivity contribution in [1.29, 1.82) is 0 Å². The fourth-order valence-corrected chi connectivity index (χ4v) is 2.24. The number of thiocarbonyl (C=S) groups is 1. The molecule has 8 heteroatoms. The van der Waals surface area contributed by atoms with Gasteiger partial charge in [-0.15, -0.1) is 0 Å². The number of ether oxygens (including phenoxy) is 2. The van der Waals surface area contributed by atoms with Crippen LogP contribution in [0.3, 0.4) is 0 Å². The first-order chi connectivity index (χ1) is 10.6. The lowest BCUT2D eigenvalue weighted by Crippen LogP contribution is -2.34. The van der Waals surface area contributed by atoms with Gasteiger partial charge in [0.2, 0.25) is 6.79 Å². The summed E-state index contributed by atoms with van der Waals surface area (Å²) in [5, 5.41) is 5.58. The second-order valence-corrected chi connectivity index (χ2v) is 5.66. The summed E-state index contributed by atoms with van der Waals surface area (Å²) in [4.78, 5) is 16.2. The van der Waals surface area contributed by atoms with Crippen LogP contribution < -0.4 is 20.1 Å². The topological polar surface area (TPSA) is 72.5 Å². The van der Waals surface area contributed by atoms with E-state index in [0.717, 1.165) is 4.47 Å². The summed E-state index contributed by atoms with van der Waals surface area (Å²) >= 11 is 8.39. The highest BCUT2D eigenvalue weighted by atomic mass is 79.9. The van der Waals surface area contributed by atoms with Gasteiger partial charge in [0.05, 0.1) is 0 Å². The van der Waals surface area contributed by atoms with Gasteiger partial charge in [0.1, 0.15) is 5.82 Å². The summed E-state index contributed by atoms with van der Waals surface area (Å²) in [6.45, 7) is 0.162. The molecular formula is C14H10BrN3O3S. The lowest BCUT2D eigenvalue weighted by molar-refractivity contribution is 0.0977. The predicted octanol–water partition coefficient (Wildman–Crippen LogP) is 2.70. The number of carbonyl (C=O) groups is 1. The third-order valence-corrected chi connectivity index (χ3v) is 3.50. The molecule has 6 nitrogen and oxygen atoms in total. The number of hydrogen-bond acceptors (Lipinski definition) is 5. The molecule has 1 aromatic carbocycles. The molecule has 0 atom stereocenters. The monoisotopic (exact) mass is 379 g/mol. The molecule has 0 fully saturated rings. The molecule has 0 unspecified atom stereocenters. The molecule has 2 N–H and O–H groups in total. The van der Waals surface area contributed by atoms with Gasteiger partial charge in [-0.25, -0.2) is 4.98 Å². The second-order valence-electron chi connectivity index (χ2n) is 4.34. The summed E-state index contributed by atoms with van der Waals surface area (Å²) in [6.07, 6.45) is 1.63. The second kappa shape index (κ2) is 6.29. The Kier molecular flexibility index (Phi) is 4.21. The molecule has 3 rings (SSSR count). The third kappa shape index (κ3) is 3.34. The maximum absolute atomic E-state index is 12.1. The van der Waals surface area contributed by atoms with E-state index in [9.17, 15) is 4.79 Å². The zero-order valence-electron chi connectivity index (χ0n) is 11.1. The van der Waals surface area contributed by atoms with E-state index >= 15 is 0 Å². The number of nitrogens with zero attached hydrogens (tertiary/aromatic N) is 1. The van der Waals surface area contributed by atoms with Crippen molar-refractivity contribution in [2.75, 3.05) is 12.1 Å². The molecule has 0 radical (unpaired) electrons. The van der Waals surface area contributed by atoms with Crippen LogP contribution >= 0.6 is 28.1 Å². The Hall–Kier alpha value is -2.19. The van der Waals surface area contributed by atoms with Crippen molar-refractivity contribution < 1.29 is 14.3 Å². The van der Waals surface area contributed by atoms with E-state index in [-0.39, 0.29) is 17.8 Å². The van der Waals surface area contributed by atoms with Crippen LogP contribution in [-0.4, -0.2) is 22.8 Å². The summed E-state index contributed by atoms with van der Waals surface area (Å²) in [7, 11) is 0. The number of benzene rings is 1. The van der Waals surface area contributed by atoms with Crippen molar-refractivity contribution in [3.05, 3.63) is 46.6 Å². The maximum atomic E-state index is 12.1. The number of amides is 1. The van der Waals surface area contributed by atoms with Crippen LogP contribution in [0.5, 0.6) is 11.5 Å². The SMILES string of the molecule is O=C(NC(=S)Nc1ccc(Br)cn1)c1ccc2c(c1)OCO2. The smallest absolute Gasteiger partial charge is 0.257 e. The number of rotatable bonds is 2. The molecule has 22 heavy (non-hydrogen) atoms. The normalized spacial score (nSPS) is 11.9. The van der Waals surface area contributed by atoms with E-state index in [1.165, 1.54) is 0 Å². The van der Waals surface area contributed by atoms with Crippen LogP contribution in [0.1, 0.15) is 10.4 Å². The molecule has 1 aliphatic rings. The Bertz CT molecular complexity index is 737. The maximum Gasteiger partial charge on any atom is 0.257 e. The largest absolute Gasteiger partial charge is 0.454 e. The van der Waals surface area contributed by atoms with Crippen molar-refractivity contribution >= 4 is 45.0 Å². The Morgan fingerprint density at radius 3 is 2.82 bits per heavy atom. The lowest BCUT2D eigenvalue weighted by Gasteiger charge is -2.09. The highest BCUT2D eigenvalue weighted by Crippen LogP contribution is 2.32. The number of aromatic nitrogens is 1. The van der Waals surface area contributed by atoms with E-state index in [2.05, 4.69) is 31.5 Å². The number of halogens is 1. The van der Waals surface area contributed by atoms with E-state index < -0.39 is 0 Å². The van der Waals surface area contributed by atoms with Gasteiger partial charge in [-0.3, -0.25) is 10.1 Å². The molecule has 0 bridgehead atoms. The van der Waals surface area contributed by atoms with E-state index in [1.54, 1.807) is 30.5 Å². The van der Waals surface area contributed by atoms with Crippen LogP contribution in [0.2, 0.25) is 0 Å². The zero-order chi connectivity index (χ0) is 15.5. The molecule has 1 amide bonds. The first kappa shape index (κ1) is 14.7. The molecule has 112 valence electrons. The number of pyridine rings is 1. The minimum absolute atomic E-state index is 0.162. The molecule has 0 spiro atoms. The summed E-state index contributed by atoms with van der Waals surface area (Å²) < 4.78 is 11.3. The predicted molar refractivity (Wildman–Crippen MR) is 88.2 cm³/mol. The van der Waals surface area contributed by atoms with Crippen molar-refractivity contribution in [2.24, 2.45) is 0 Å². The Morgan fingerprint density at radius 2 is 2.05 bits per heavy atom. The fourth-order valence-electron chi connectivity index (χ4n) is 1.81. The van der Waals surface area contributed by atoms with Crippen LogP contribution in [-0.2, 0) is 0 Å². The molecule has 0 aliphatic carbocycles. The Morgan fingerprint density at radius 1 is 1.23 bits per heavy atom. The average Bonchev–Trinajstić information content (AvgIpc) is 2.97. The first-order valence-corrected chi connectivity index (χ1v) is 7.45. The number of nitrogens with one attached hydrogen (secondary N) is 2. The van der Waals surface area contributed by atoms with Gasteiger partial charge in [0.25, 0.3) is 5.91 Å². The van der Waals surface area contributed by atoms with Gasteiger partial charge >= 0.3 is 0 Å².